The third-order valence-electron chi connectivity index (χ3n) is 7.62. The maximum Gasteiger partial charge on any atom is 0.239 e. The summed E-state index contributed by atoms with van der Waals surface area (Å²) in [5.74, 6) is 2.13. The second kappa shape index (κ2) is 10.4. The van der Waals surface area contributed by atoms with Gasteiger partial charge >= 0.3 is 0 Å². The SMILES string of the molecule is C=CCN(CCC[C@@H](N)C(=O)N1CCN(C[C@H]2CC2C)CC1)[C@@H]1C[C@H]1c1ccc(F)cc1. The number of hydrogen-bond acceptors (Lipinski definition) is 4. The van der Waals surface area contributed by atoms with Crippen LogP contribution in [0.3, 0.4) is 0 Å². The Kier molecular flexibility index (Phi) is 7.64. The molecule has 5 nitrogen and oxygen atoms in total. The summed E-state index contributed by atoms with van der Waals surface area (Å²) in [5.41, 5.74) is 7.50. The van der Waals surface area contributed by atoms with Crippen molar-refractivity contribution in [2.45, 2.75) is 50.6 Å². The highest BCUT2D eigenvalue weighted by Gasteiger charge is 2.42. The average molecular weight is 443 g/mol. The zero-order valence-corrected chi connectivity index (χ0v) is 19.5. The number of benzene rings is 1. The number of nitrogens with two attached hydrogens (primary N) is 1. The number of halogens is 1. The summed E-state index contributed by atoms with van der Waals surface area (Å²) in [6, 6.07) is 6.92. The van der Waals surface area contributed by atoms with Gasteiger partial charge in [0.05, 0.1) is 6.04 Å². The number of carbonyl (C=O) groups excluding carboxylic acids is 1. The monoisotopic (exact) mass is 442 g/mol. The van der Waals surface area contributed by atoms with E-state index in [4.69, 9.17) is 5.73 Å². The van der Waals surface area contributed by atoms with Crippen molar-refractivity contribution in [2.75, 3.05) is 45.8 Å². The molecule has 1 heterocycles. The molecule has 2 N–H and O–H groups in total. The van der Waals surface area contributed by atoms with Crippen LogP contribution >= 0.6 is 0 Å². The zero-order valence-electron chi connectivity index (χ0n) is 19.5. The fourth-order valence-electron chi connectivity index (χ4n) is 5.22. The van der Waals surface area contributed by atoms with Gasteiger partial charge in [-0.05, 0) is 61.8 Å². The van der Waals surface area contributed by atoms with E-state index >= 15 is 0 Å². The molecule has 2 aliphatic carbocycles. The van der Waals surface area contributed by atoms with Crippen molar-refractivity contribution in [2.24, 2.45) is 17.6 Å². The molecule has 0 aromatic heterocycles. The molecule has 1 aromatic rings. The van der Waals surface area contributed by atoms with Gasteiger partial charge in [0.25, 0.3) is 0 Å². The Balaban J connectivity index is 1.17. The van der Waals surface area contributed by atoms with Crippen LogP contribution in [0.2, 0.25) is 0 Å². The van der Waals surface area contributed by atoms with Crippen molar-refractivity contribution in [3.63, 3.8) is 0 Å². The van der Waals surface area contributed by atoms with Crippen LogP contribution in [0.5, 0.6) is 0 Å². The summed E-state index contributed by atoms with van der Waals surface area (Å²) in [5, 5.41) is 0. The smallest absolute Gasteiger partial charge is 0.239 e. The van der Waals surface area contributed by atoms with E-state index in [0.717, 1.165) is 63.9 Å². The van der Waals surface area contributed by atoms with E-state index in [-0.39, 0.29) is 11.7 Å². The minimum Gasteiger partial charge on any atom is -0.339 e. The first-order valence-corrected chi connectivity index (χ1v) is 12.3. The normalized spacial score (nSPS) is 28.6. The minimum atomic E-state index is -0.414. The number of carbonyl (C=O) groups is 1. The number of hydrogen-bond donors (Lipinski definition) is 1. The van der Waals surface area contributed by atoms with Crippen molar-refractivity contribution < 1.29 is 9.18 Å². The molecule has 176 valence electrons. The lowest BCUT2D eigenvalue weighted by molar-refractivity contribution is -0.134. The summed E-state index contributed by atoms with van der Waals surface area (Å²) in [7, 11) is 0. The summed E-state index contributed by atoms with van der Waals surface area (Å²) in [6.45, 7) is 12.7. The van der Waals surface area contributed by atoms with Gasteiger partial charge in [0, 0.05) is 51.2 Å². The van der Waals surface area contributed by atoms with E-state index in [1.54, 1.807) is 12.1 Å². The molecule has 1 saturated heterocycles. The third kappa shape index (κ3) is 5.97. The Hall–Kier alpha value is -1.76. The molecule has 2 saturated carbocycles. The van der Waals surface area contributed by atoms with E-state index in [9.17, 15) is 9.18 Å². The maximum atomic E-state index is 13.2. The van der Waals surface area contributed by atoms with Gasteiger partial charge in [-0.25, -0.2) is 4.39 Å². The van der Waals surface area contributed by atoms with Crippen LogP contribution < -0.4 is 5.73 Å². The van der Waals surface area contributed by atoms with Gasteiger partial charge in [-0.2, -0.15) is 0 Å². The lowest BCUT2D eigenvalue weighted by Crippen LogP contribution is -2.53. The van der Waals surface area contributed by atoms with Crippen LogP contribution in [0.1, 0.15) is 44.1 Å². The summed E-state index contributed by atoms with van der Waals surface area (Å²) < 4.78 is 13.2. The fraction of sp³-hybridized carbons (Fsp3) is 0.654. The fourth-order valence-corrected chi connectivity index (χ4v) is 5.22. The standard InChI is InChI=1S/C26H39FN4O/c1-3-10-30(25-17-23(25)20-6-8-22(27)9-7-20)11-4-5-24(28)26(32)31-14-12-29(13-15-31)18-21-16-19(21)2/h3,6-9,19,21,23-25H,1,4-5,10-18,28H2,2H3/t19?,21-,23+,24-,25-/m1/s1. The highest BCUT2D eigenvalue weighted by Crippen LogP contribution is 2.44. The van der Waals surface area contributed by atoms with E-state index in [1.165, 1.54) is 18.5 Å². The molecule has 3 fully saturated rings. The summed E-state index contributed by atoms with van der Waals surface area (Å²) >= 11 is 0. The molecule has 1 aliphatic heterocycles. The Morgan fingerprint density at radius 1 is 1.25 bits per heavy atom. The second-order valence-electron chi connectivity index (χ2n) is 10.1. The first-order valence-electron chi connectivity index (χ1n) is 12.3. The van der Waals surface area contributed by atoms with Crippen LogP contribution in [-0.4, -0.2) is 78.5 Å². The first kappa shape index (κ1) is 23.4. The molecular formula is C26H39FN4O. The topological polar surface area (TPSA) is 52.8 Å². The van der Waals surface area contributed by atoms with Crippen molar-refractivity contribution >= 4 is 5.91 Å². The Bertz CT molecular complexity index is 777. The van der Waals surface area contributed by atoms with E-state index < -0.39 is 6.04 Å². The molecule has 3 aliphatic rings. The molecular weight excluding hydrogens is 403 g/mol. The molecule has 6 heteroatoms. The van der Waals surface area contributed by atoms with Gasteiger partial charge in [0.2, 0.25) is 5.91 Å². The average Bonchev–Trinajstić information content (AvgIpc) is 3.71. The Morgan fingerprint density at radius 2 is 1.94 bits per heavy atom. The van der Waals surface area contributed by atoms with Crippen molar-refractivity contribution in [3.05, 3.63) is 48.3 Å². The van der Waals surface area contributed by atoms with Crippen LogP contribution in [0.4, 0.5) is 4.39 Å². The highest BCUT2D eigenvalue weighted by atomic mass is 19.1. The van der Waals surface area contributed by atoms with Gasteiger partial charge < -0.3 is 10.6 Å². The number of nitrogens with zero attached hydrogens (tertiary/aromatic N) is 3. The minimum absolute atomic E-state index is 0.107. The summed E-state index contributed by atoms with van der Waals surface area (Å²) in [4.78, 5) is 19.7. The predicted octanol–water partition coefficient (Wildman–Crippen LogP) is 3.08. The molecule has 1 unspecified atom stereocenters. The lowest BCUT2D eigenvalue weighted by Gasteiger charge is -2.36. The molecule has 32 heavy (non-hydrogen) atoms. The van der Waals surface area contributed by atoms with Crippen molar-refractivity contribution in [1.29, 1.82) is 0 Å². The van der Waals surface area contributed by atoms with Crippen molar-refractivity contribution in [3.8, 4) is 0 Å². The Morgan fingerprint density at radius 3 is 2.56 bits per heavy atom. The molecule has 1 amide bonds. The van der Waals surface area contributed by atoms with Crippen LogP contribution in [0.15, 0.2) is 36.9 Å². The third-order valence-corrected chi connectivity index (χ3v) is 7.62. The lowest BCUT2D eigenvalue weighted by atomic mass is 10.1. The van der Waals surface area contributed by atoms with Crippen LogP contribution in [0.25, 0.3) is 0 Å². The molecule has 4 rings (SSSR count). The maximum absolute atomic E-state index is 13.2. The Labute approximate surface area is 192 Å². The zero-order chi connectivity index (χ0) is 22.7. The number of amides is 1. The second-order valence-corrected chi connectivity index (χ2v) is 10.1. The van der Waals surface area contributed by atoms with Gasteiger partial charge in [-0.3, -0.25) is 14.6 Å². The predicted molar refractivity (Wildman–Crippen MR) is 127 cm³/mol. The van der Waals surface area contributed by atoms with Gasteiger partial charge in [-0.1, -0.05) is 25.1 Å². The number of rotatable bonds is 11. The van der Waals surface area contributed by atoms with E-state index in [0.29, 0.717) is 18.4 Å². The summed E-state index contributed by atoms with van der Waals surface area (Å²) in [6.07, 6.45) is 5.99. The molecule has 0 bridgehead atoms. The quantitative estimate of drug-likeness (QED) is 0.535. The van der Waals surface area contributed by atoms with Gasteiger partial charge in [0.1, 0.15) is 5.82 Å². The largest absolute Gasteiger partial charge is 0.339 e. The molecule has 0 radical (unpaired) electrons. The first-order chi connectivity index (χ1) is 15.5. The molecule has 0 spiro atoms. The van der Waals surface area contributed by atoms with Crippen LogP contribution in [0, 0.1) is 17.7 Å². The van der Waals surface area contributed by atoms with Crippen LogP contribution in [-0.2, 0) is 4.79 Å². The molecule has 5 atom stereocenters. The highest BCUT2D eigenvalue weighted by molar-refractivity contribution is 5.81. The van der Waals surface area contributed by atoms with Gasteiger partial charge in [0.15, 0.2) is 0 Å². The van der Waals surface area contributed by atoms with E-state index in [1.807, 2.05) is 23.1 Å². The van der Waals surface area contributed by atoms with Crippen molar-refractivity contribution in [1.82, 2.24) is 14.7 Å². The molecule has 1 aromatic carbocycles. The number of piperazine rings is 1. The van der Waals surface area contributed by atoms with E-state index in [2.05, 4.69) is 23.3 Å². The van der Waals surface area contributed by atoms with Gasteiger partial charge in [-0.15, -0.1) is 6.58 Å².